The van der Waals surface area contributed by atoms with Crippen LogP contribution in [0, 0.1) is 0 Å². The lowest BCUT2D eigenvalue weighted by Gasteiger charge is -2.28. The first-order valence-corrected chi connectivity index (χ1v) is 6.32. The summed E-state index contributed by atoms with van der Waals surface area (Å²) in [6.07, 6.45) is 0. The number of hydrazine groups is 1. The third-order valence-electron chi connectivity index (χ3n) is 2.55. The number of nitrogens with zero attached hydrogens (tertiary/aromatic N) is 3. The monoisotopic (exact) mass is 267 g/mol. The highest BCUT2D eigenvalue weighted by Crippen LogP contribution is 2.23. The molecular formula is C13H25N5O. The van der Waals surface area contributed by atoms with Crippen molar-refractivity contribution in [2.24, 2.45) is 5.84 Å². The standard InChI is InChI=1S/C13H25N5O/c1-12(2,3)11-15-9(17-14)7-10(16-11)18(6)8-13(4,5)19/h7,19H,8,14H2,1-6H3,(H,15,16,17). The van der Waals surface area contributed by atoms with E-state index >= 15 is 0 Å². The van der Waals surface area contributed by atoms with Gasteiger partial charge in [-0.15, -0.1) is 0 Å². The molecule has 0 amide bonds. The fourth-order valence-corrected chi connectivity index (χ4v) is 1.70. The van der Waals surface area contributed by atoms with Crippen molar-refractivity contribution in [3.8, 4) is 0 Å². The lowest BCUT2D eigenvalue weighted by Crippen LogP contribution is -2.37. The van der Waals surface area contributed by atoms with E-state index in [9.17, 15) is 5.11 Å². The second-order valence-electron chi connectivity index (χ2n) is 6.50. The van der Waals surface area contributed by atoms with Crippen molar-refractivity contribution in [2.45, 2.75) is 45.6 Å². The zero-order chi connectivity index (χ0) is 14.8. The molecule has 0 aliphatic rings. The first kappa shape index (κ1) is 15.7. The lowest BCUT2D eigenvalue weighted by atomic mass is 9.96. The van der Waals surface area contributed by atoms with E-state index in [1.807, 2.05) is 32.7 Å². The van der Waals surface area contributed by atoms with E-state index < -0.39 is 5.60 Å². The summed E-state index contributed by atoms with van der Waals surface area (Å²) < 4.78 is 0. The Labute approximate surface area is 115 Å². The number of anilines is 2. The molecule has 0 saturated heterocycles. The molecule has 19 heavy (non-hydrogen) atoms. The third kappa shape index (κ3) is 4.65. The number of aliphatic hydroxyl groups is 1. The number of hydrogen-bond acceptors (Lipinski definition) is 6. The van der Waals surface area contributed by atoms with Crippen LogP contribution in [0.1, 0.15) is 40.4 Å². The molecule has 0 fully saturated rings. The molecule has 1 aromatic rings. The van der Waals surface area contributed by atoms with Crippen molar-refractivity contribution in [1.82, 2.24) is 9.97 Å². The van der Waals surface area contributed by atoms with E-state index in [2.05, 4.69) is 15.4 Å². The van der Waals surface area contributed by atoms with Gasteiger partial charge in [0.25, 0.3) is 0 Å². The molecule has 0 aromatic carbocycles. The van der Waals surface area contributed by atoms with Gasteiger partial charge in [0.1, 0.15) is 17.5 Å². The molecule has 0 aliphatic heterocycles. The molecule has 1 rings (SSSR count). The number of hydrogen-bond donors (Lipinski definition) is 3. The molecule has 0 saturated carbocycles. The van der Waals surface area contributed by atoms with Crippen LogP contribution in [-0.4, -0.2) is 34.3 Å². The number of rotatable bonds is 4. The first-order chi connectivity index (χ1) is 8.53. The second-order valence-corrected chi connectivity index (χ2v) is 6.50. The van der Waals surface area contributed by atoms with Crippen LogP contribution < -0.4 is 16.2 Å². The summed E-state index contributed by atoms with van der Waals surface area (Å²) in [6.45, 7) is 10.1. The Hall–Kier alpha value is -1.40. The maximum atomic E-state index is 9.88. The van der Waals surface area contributed by atoms with Crippen LogP contribution in [0.4, 0.5) is 11.6 Å². The van der Waals surface area contributed by atoms with Crippen LogP contribution in [0.3, 0.4) is 0 Å². The fourth-order valence-electron chi connectivity index (χ4n) is 1.70. The van der Waals surface area contributed by atoms with Gasteiger partial charge in [-0.25, -0.2) is 15.8 Å². The average Bonchev–Trinajstić information content (AvgIpc) is 2.25. The summed E-state index contributed by atoms with van der Waals surface area (Å²) in [6, 6.07) is 1.76. The zero-order valence-electron chi connectivity index (χ0n) is 12.7. The topological polar surface area (TPSA) is 87.3 Å². The Morgan fingerprint density at radius 2 is 1.84 bits per heavy atom. The lowest BCUT2D eigenvalue weighted by molar-refractivity contribution is 0.0884. The summed E-state index contributed by atoms with van der Waals surface area (Å²) in [5.41, 5.74) is 1.59. The van der Waals surface area contributed by atoms with Crippen LogP contribution in [0.2, 0.25) is 0 Å². The summed E-state index contributed by atoms with van der Waals surface area (Å²) in [5, 5.41) is 9.88. The molecule has 0 radical (unpaired) electrons. The van der Waals surface area contributed by atoms with Gasteiger partial charge in [-0.1, -0.05) is 20.8 Å². The predicted octanol–water partition coefficient (Wildman–Crippen LogP) is 1.27. The normalized spacial score (nSPS) is 12.4. The molecule has 0 spiro atoms. The highest BCUT2D eigenvalue weighted by molar-refractivity contribution is 5.49. The molecule has 4 N–H and O–H groups in total. The van der Waals surface area contributed by atoms with Crippen molar-refractivity contribution in [1.29, 1.82) is 0 Å². The number of likely N-dealkylation sites (N-methyl/N-ethyl adjacent to an activating group) is 1. The molecule has 6 heteroatoms. The molecular weight excluding hydrogens is 242 g/mol. The van der Waals surface area contributed by atoms with E-state index in [0.29, 0.717) is 18.2 Å². The van der Waals surface area contributed by atoms with Gasteiger partial charge in [-0.05, 0) is 13.8 Å². The Balaban J connectivity index is 3.13. The minimum absolute atomic E-state index is 0.169. The molecule has 0 bridgehead atoms. The number of nitrogens with two attached hydrogens (primary N) is 1. The predicted molar refractivity (Wildman–Crippen MR) is 78.1 cm³/mol. The van der Waals surface area contributed by atoms with Crippen LogP contribution >= 0.6 is 0 Å². The van der Waals surface area contributed by atoms with Crippen LogP contribution in [0.25, 0.3) is 0 Å². The SMILES string of the molecule is CN(CC(C)(C)O)c1cc(NN)nc(C(C)(C)C)n1. The third-order valence-corrected chi connectivity index (χ3v) is 2.55. The largest absolute Gasteiger partial charge is 0.389 e. The minimum Gasteiger partial charge on any atom is -0.389 e. The Kier molecular flexibility index (Phi) is 4.37. The second kappa shape index (κ2) is 5.30. The highest BCUT2D eigenvalue weighted by Gasteiger charge is 2.22. The van der Waals surface area contributed by atoms with Gasteiger partial charge in [0.2, 0.25) is 0 Å². The smallest absolute Gasteiger partial charge is 0.145 e. The Morgan fingerprint density at radius 3 is 2.26 bits per heavy atom. The minimum atomic E-state index is -0.794. The fraction of sp³-hybridized carbons (Fsp3) is 0.692. The van der Waals surface area contributed by atoms with Gasteiger partial charge in [-0.2, -0.15) is 0 Å². The van der Waals surface area contributed by atoms with Gasteiger partial charge >= 0.3 is 0 Å². The molecule has 0 unspecified atom stereocenters. The van der Waals surface area contributed by atoms with Crippen molar-refractivity contribution in [3.05, 3.63) is 11.9 Å². The quantitative estimate of drug-likeness (QED) is 0.562. The summed E-state index contributed by atoms with van der Waals surface area (Å²) in [5.74, 6) is 7.46. The van der Waals surface area contributed by atoms with Gasteiger partial charge < -0.3 is 15.4 Å². The van der Waals surface area contributed by atoms with E-state index in [0.717, 1.165) is 5.82 Å². The van der Waals surface area contributed by atoms with E-state index in [1.54, 1.807) is 19.9 Å². The number of nitrogen functional groups attached to an aromatic ring is 1. The van der Waals surface area contributed by atoms with Crippen molar-refractivity contribution >= 4 is 11.6 Å². The first-order valence-electron chi connectivity index (χ1n) is 6.32. The number of aromatic nitrogens is 2. The highest BCUT2D eigenvalue weighted by atomic mass is 16.3. The van der Waals surface area contributed by atoms with Crippen molar-refractivity contribution in [2.75, 3.05) is 23.9 Å². The Bertz CT molecular complexity index is 434. The van der Waals surface area contributed by atoms with Gasteiger partial charge in [0.05, 0.1) is 5.60 Å². The van der Waals surface area contributed by atoms with E-state index in [1.165, 1.54) is 0 Å². The van der Waals surface area contributed by atoms with Crippen LogP contribution in [0.15, 0.2) is 6.07 Å². The van der Waals surface area contributed by atoms with Gasteiger partial charge in [0.15, 0.2) is 0 Å². The van der Waals surface area contributed by atoms with Gasteiger partial charge in [0, 0.05) is 25.1 Å². The summed E-state index contributed by atoms with van der Waals surface area (Å²) >= 11 is 0. The molecule has 0 atom stereocenters. The number of nitrogens with one attached hydrogen (secondary N) is 1. The van der Waals surface area contributed by atoms with Crippen LogP contribution in [0.5, 0.6) is 0 Å². The van der Waals surface area contributed by atoms with Crippen molar-refractivity contribution < 1.29 is 5.11 Å². The molecule has 1 aromatic heterocycles. The van der Waals surface area contributed by atoms with Crippen molar-refractivity contribution in [3.63, 3.8) is 0 Å². The zero-order valence-corrected chi connectivity index (χ0v) is 12.7. The average molecular weight is 267 g/mol. The molecule has 108 valence electrons. The van der Waals surface area contributed by atoms with E-state index in [-0.39, 0.29) is 5.41 Å². The summed E-state index contributed by atoms with van der Waals surface area (Å²) in [4.78, 5) is 10.8. The Morgan fingerprint density at radius 1 is 1.26 bits per heavy atom. The van der Waals surface area contributed by atoms with Crippen LogP contribution in [-0.2, 0) is 5.41 Å². The molecule has 0 aliphatic carbocycles. The maximum Gasteiger partial charge on any atom is 0.145 e. The molecule has 1 heterocycles. The van der Waals surface area contributed by atoms with E-state index in [4.69, 9.17) is 5.84 Å². The summed E-state index contributed by atoms with van der Waals surface area (Å²) in [7, 11) is 1.88. The maximum absolute atomic E-state index is 9.88. The molecule has 6 nitrogen and oxygen atoms in total. The van der Waals surface area contributed by atoms with Gasteiger partial charge in [-0.3, -0.25) is 0 Å².